The van der Waals surface area contributed by atoms with E-state index in [0.717, 1.165) is 10.5 Å². The van der Waals surface area contributed by atoms with E-state index in [2.05, 4.69) is 20.3 Å². The van der Waals surface area contributed by atoms with Gasteiger partial charge in [-0.25, -0.2) is 9.69 Å². The molecule has 3 amide bonds. The van der Waals surface area contributed by atoms with Crippen molar-refractivity contribution in [2.75, 3.05) is 4.90 Å². The quantitative estimate of drug-likeness (QED) is 0.691. The van der Waals surface area contributed by atoms with Gasteiger partial charge < -0.3 is 5.32 Å². The van der Waals surface area contributed by atoms with Crippen molar-refractivity contribution in [1.82, 2.24) is 20.3 Å². The number of amides is 3. The van der Waals surface area contributed by atoms with Crippen LogP contribution in [-0.2, 0) is 4.79 Å². The molecule has 27 heavy (non-hydrogen) atoms. The van der Waals surface area contributed by atoms with Crippen LogP contribution in [0.4, 0.5) is 10.5 Å². The highest BCUT2D eigenvalue weighted by molar-refractivity contribution is 6.31. The molecule has 1 aromatic carbocycles. The Hall–Kier alpha value is -3.06. The molecule has 0 radical (unpaired) electrons. The summed E-state index contributed by atoms with van der Waals surface area (Å²) in [5.74, 6) is -0.149. The highest BCUT2D eigenvalue weighted by atomic mass is 35.5. The van der Waals surface area contributed by atoms with Crippen molar-refractivity contribution in [3.8, 4) is 0 Å². The van der Waals surface area contributed by atoms with Crippen molar-refractivity contribution < 1.29 is 9.59 Å². The first-order valence-corrected chi connectivity index (χ1v) is 8.93. The molecule has 8 heteroatoms. The van der Waals surface area contributed by atoms with Gasteiger partial charge in [-0.15, -0.1) is 0 Å². The van der Waals surface area contributed by atoms with Crippen molar-refractivity contribution in [2.24, 2.45) is 0 Å². The second-order valence-corrected chi connectivity index (χ2v) is 7.27. The van der Waals surface area contributed by atoms with Crippen molar-refractivity contribution in [1.29, 1.82) is 0 Å². The van der Waals surface area contributed by atoms with Crippen molar-refractivity contribution in [3.63, 3.8) is 0 Å². The number of urea groups is 1. The summed E-state index contributed by atoms with van der Waals surface area (Å²) in [6, 6.07) is 7.14. The number of fused-ring (bicyclic) bond motifs is 1. The average Bonchev–Trinajstić information content (AvgIpc) is 2.91. The van der Waals surface area contributed by atoms with Crippen LogP contribution in [0, 0.1) is 0 Å². The lowest BCUT2D eigenvalue weighted by Crippen LogP contribution is -2.56. The second-order valence-electron chi connectivity index (χ2n) is 6.86. The molecule has 0 bridgehead atoms. The molecule has 5 rings (SSSR count). The van der Waals surface area contributed by atoms with Gasteiger partial charge in [0.05, 0.1) is 18.1 Å². The van der Waals surface area contributed by atoms with Gasteiger partial charge in [0.1, 0.15) is 16.6 Å². The van der Waals surface area contributed by atoms with E-state index >= 15 is 0 Å². The number of pyridine rings is 1. The third-order valence-corrected chi connectivity index (χ3v) is 5.64. The van der Waals surface area contributed by atoms with Gasteiger partial charge in [0.15, 0.2) is 0 Å². The summed E-state index contributed by atoms with van der Waals surface area (Å²) in [7, 11) is 0. The lowest BCUT2D eigenvalue weighted by atomic mass is 9.65. The maximum absolute atomic E-state index is 13.2. The Morgan fingerprint density at radius 1 is 1.11 bits per heavy atom. The highest BCUT2D eigenvalue weighted by Crippen LogP contribution is 2.50. The van der Waals surface area contributed by atoms with Gasteiger partial charge in [0, 0.05) is 17.4 Å². The summed E-state index contributed by atoms with van der Waals surface area (Å²) in [5.41, 5.74) is 1.45. The molecule has 3 aromatic rings. The van der Waals surface area contributed by atoms with Crippen LogP contribution in [0.1, 0.15) is 24.3 Å². The molecular weight excluding hydrogens is 366 g/mol. The topological polar surface area (TPSA) is 88.1 Å². The first kappa shape index (κ1) is 16.1. The van der Waals surface area contributed by atoms with Gasteiger partial charge in [-0.3, -0.25) is 19.7 Å². The number of carbonyl (C=O) groups is 2. The zero-order valence-electron chi connectivity index (χ0n) is 14.1. The van der Waals surface area contributed by atoms with E-state index in [0.29, 0.717) is 34.6 Å². The molecule has 2 aliphatic rings. The molecule has 1 aliphatic carbocycles. The Morgan fingerprint density at radius 3 is 2.70 bits per heavy atom. The predicted molar refractivity (Wildman–Crippen MR) is 99.5 cm³/mol. The Balaban J connectivity index is 1.47. The molecule has 0 atom stereocenters. The maximum atomic E-state index is 13.2. The predicted octanol–water partition coefficient (Wildman–Crippen LogP) is 3.05. The number of carbonyl (C=O) groups excluding carboxylic acids is 2. The van der Waals surface area contributed by atoms with Gasteiger partial charge in [0.2, 0.25) is 0 Å². The smallest absolute Gasteiger partial charge is 0.323 e. The van der Waals surface area contributed by atoms with Gasteiger partial charge >= 0.3 is 6.03 Å². The number of nitrogens with zero attached hydrogens (tertiary/aromatic N) is 4. The molecule has 1 aliphatic heterocycles. The fourth-order valence-electron chi connectivity index (χ4n) is 3.97. The summed E-state index contributed by atoms with van der Waals surface area (Å²) in [5, 5.41) is 3.55. The summed E-state index contributed by atoms with van der Waals surface area (Å²) < 4.78 is 0. The van der Waals surface area contributed by atoms with E-state index in [1.807, 2.05) is 24.3 Å². The van der Waals surface area contributed by atoms with Gasteiger partial charge in [-0.1, -0.05) is 29.8 Å². The zero-order valence-corrected chi connectivity index (χ0v) is 14.8. The fourth-order valence-corrected chi connectivity index (χ4v) is 4.26. The van der Waals surface area contributed by atoms with Crippen molar-refractivity contribution in [3.05, 3.63) is 59.6 Å². The molecule has 134 valence electrons. The Kier molecular flexibility index (Phi) is 3.42. The van der Waals surface area contributed by atoms with E-state index in [9.17, 15) is 9.59 Å². The van der Waals surface area contributed by atoms with Crippen molar-refractivity contribution in [2.45, 2.75) is 24.3 Å². The number of aromatic nitrogens is 3. The Labute approximate surface area is 159 Å². The number of rotatable bonds is 2. The molecule has 1 spiro atoms. The Bertz CT molecular complexity index is 1090. The van der Waals surface area contributed by atoms with Gasteiger partial charge in [-0.2, -0.15) is 0 Å². The van der Waals surface area contributed by atoms with Crippen LogP contribution in [0.25, 0.3) is 11.0 Å². The lowest BCUT2D eigenvalue weighted by molar-refractivity contribution is -0.125. The molecule has 2 aromatic heterocycles. The SMILES string of the molecule is O=C1NC2(CC(c3ccccc3Cl)C2)C(=O)N1c1cncc2nccnc12. The number of hydrogen-bond donors (Lipinski definition) is 1. The average molecular weight is 380 g/mol. The normalized spacial score (nSPS) is 24.3. The molecule has 0 unspecified atom stereocenters. The number of nitrogens with one attached hydrogen (secondary N) is 1. The maximum Gasteiger partial charge on any atom is 0.329 e. The molecular formula is C19H14ClN5O2. The van der Waals surface area contributed by atoms with E-state index in [4.69, 9.17) is 11.6 Å². The first-order valence-electron chi connectivity index (χ1n) is 8.55. The minimum Gasteiger partial charge on any atom is -0.323 e. The highest BCUT2D eigenvalue weighted by Gasteiger charge is 2.59. The lowest BCUT2D eigenvalue weighted by Gasteiger charge is -2.43. The molecule has 1 N–H and O–H groups in total. The summed E-state index contributed by atoms with van der Waals surface area (Å²) in [6.07, 6.45) is 7.12. The van der Waals surface area contributed by atoms with Crippen LogP contribution in [-0.4, -0.2) is 32.4 Å². The first-order chi connectivity index (χ1) is 13.1. The molecule has 1 saturated carbocycles. The molecule has 3 heterocycles. The minimum absolute atomic E-state index is 0.133. The summed E-state index contributed by atoms with van der Waals surface area (Å²) in [6.45, 7) is 0. The molecule has 7 nitrogen and oxygen atoms in total. The zero-order chi connectivity index (χ0) is 18.6. The third kappa shape index (κ3) is 2.31. The summed E-state index contributed by atoms with van der Waals surface area (Å²) in [4.78, 5) is 39.5. The van der Waals surface area contributed by atoms with Crippen molar-refractivity contribution >= 4 is 40.3 Å². The summed E-state index contributed by atoms with van der Waals surface area (Å²) >= 11 is 6.28. The van der Waals surface area contributed by atoms with Crippen LogP contribution < -0.4 is 10.2 Å². The van der Waals surface area contributed by atoms with Gasteiger partial charge in [-0.05, 0) is 30.4 Å². The molecule has 1 saturated heterocycles. The van der Waals surface area contributed by atoms with Crippen LogP contribution in [0.2, 0.25) is 5.02 Å². The van der Waals surface area contributed by atoms with Gasteiger partial charge in [0.25, 0.3) is 5.91 Å². The van der Waals surface area contributed by atoms with Crippen LogP contribution >= 0.6 is 11.6 Å². The Morgan fingerprint density at radius 2 is 1.89 bits per heavy atom. The van der Waals surface area contributed by atoms with E-state index in [1.165, 1.54) is 12.4 Å². The fraction of sp³-hybridized carbons (Fsp3) is 0.211. The van der Waals surface area contributed by atoms with Crippen LogP contribution in [0.5, 0.6) is 0 Å². The number of benzene rings is 1. The monoisotopic (exact) mass is 379 g/mol. The van der Waals surface area contributed by atoms with E-state index < -0.39 is 11.6 Å². The van der Waals surface area contributed by atoms with E-state index in [-0.39, 0.29) is 11.8 Å². The van der Waals surface area contributed by atoms with Crippen LogP contribution in [0.15, 0.2) is 49.1 Å². The number of halogens is 1. The van der Waals surface area contributed by atoms with Crippen LogP contribution in [0.3, 0.4) is 0 Å². The number of imide groups is 1. The van der Waals surface area contributed by atoms with E-state index in [1.54, 1.807) is 12.4 Å². The largest absolute Gasteiger partial charge is 0.329 e. The standard InChI is InChI=1S/C19H14ClN5O2/c20-13-4-2-1-3-12(13)11-7-19(8-11)17(26)25(18(27)24-19)15-10-21-9-14-16(15)23-6-5-22-14/h1-6,9-11H,7-8H2,(H,24,27). The minimum atomic E-state index is -0.898. The number of hydrogen-bond acceptors (Lipinski definition) is 5. The third-order valence-electron chi connectivity index (χ3n) is 5.30. The molecule has 2 fully saturated rings. The second kappa shape index (κ2) is 5.72. The number of anilines is 1.